The zero-order chi connectivity index (χ0) is 27.9. The molecule has 3 heteroatoms. The Morgan fingerprint density at radius 3 is 1.76 bits per heavy atom. The van der Waals surface area contributed by atoms with E-state index in [9.17, 15) is 0 Å². The molecule has 7 aromatic rings. The van der Waals surface area contributed by atoms with Gasteiger partial charge in [-0.25, -0.2) is 4.98 Å². The molecular formula is C39H28N2S. The zero-order valence-electron chi connectivity index (χ0n) is 23.0. The van der Waals surface area contributed by atoms with Gasteiger partial charge in [-0.3, -0.25) is 4.57 Å². The molecule has 0 spiro atoms. The van der Waals surface area contributed by atoms with Crippen LogP contribution in [-0.2, 0) is 11.2 Å². The Morgan fingerprint density at radius 1 is 0.524 bits per heavy atom. The molecule has 0 aliphatic carbocycles. The molecule has 0 saturated carbocycles. The molecule has 0 amide bonds. The second-order valence-corrected chi connectivity index (χ2v) is 11.7. The summed E-state index contributed by atoms with van der Waals surface area (Å²) in [5.74, 6) is 0.911. The minimum atomic E-state index is -0.464. The molecule has 0 unspecified atom stereocenters. The number of rotatable bonds is 5. The van der Waals surface area contributed by atoms with Crippen molar-refractivity contribution in [2.75, 3.05) is 0 Å². The standard InChI is InChI=1S/C39H28N2S/c1-4-14-31(15-5-1)39(32-16-6-2-7-17-32,33-18-8-3-9-19-33)34-20-12-13-28(26-34)29-23-24-36-30(25-29)27-42-38-40-35-21-10-11-22-37(35)41(36)38/h1-26H,27H2. The van der Waals surface area contributed by atoms with E-state index in [4.69, 9.17) is 4.98 Å². The van der Waals surface area contributed by atoms with Crippen molar-refractivity contribution >= 4 is 22.8 Å². The van der Waals surface area contributed by atoms with Gasteiger partial charge in [0, 0.05) is 5.75 Å². The molecule has 200 valence electrons. The Labute approximate surface area is 250 Å². The fourth-order valence-corrected chi connectivity index (χ4v) is 7.58. The summed E-state index contributed by atoms with van der Waals surface area (Å²) in [5, 5.41) is 1.07. The minimum absolute atomic E-state index is 0.464. The molecule has 42 heavy (non-hydrogen) atoms. The Morgan fingerprint density at radius 2 is 1.10 bits per heavy atom. The first-order chi connectivity index (χ1) is 20.8. The van der Waals surface area contributed by atoms with Gasteiger partial charge in [0.25, 0.3) is 0 Å². The van der Waals surface area contributed by atoms with Crippen LogP contribution in [0, 0.1) is 0 Å². The molecule has 6 aromatic carbocycles. The van der Waals surface area contributed by atoms with Crippen molar-refractivity contribution in [1.29, 1.82) is 0 Å². The highest BCUT2D eigenvalue weighted by Crippen LogP contribution is 2.46. The van der Waals surface area contributed by atoms with Crippen molar-refractivity contribution in [2.24, 2.45) is 0 Å². The van der Waals surface area contributed by atoms with Crippen molar-refractivity contribution in [3.05, 3.63) is 186 Å². The second-order valence-electron chi connectivity index (χ2n) is 10.8. The zero-order valence-corrected chi connectivity index (χ0v) is 23.8. The van der Waals surface area contributed by atoms with E-state index in [1.165, 1.54) is 44.6 Å². The van der Waals surface area contributed by atoms with Crippen LogP contribution in [-0.4, -0.2) is 9.55 Å². The van der Waals surface area contributed by atoms with Crippen molar-refractivity contribution in [3.8, 4) is 16.8 Å². The molecule has 0 N–H and O–H groups in total. The summed E-state index contributed by atoms with van der Waals surface area (Å²) in [6.07, 6.45) is 0. The van der Waals surface area contributed by atoms with Gasteiger partial charge in [-0.2, -0.15) is 0 Å². The molecular weight excluding hydrogens is 529 g/mol. The average molecular weight is 557 g/mol. The summed E-state index contributed by atoms with van der Waals surface area (Å²) in [5.41, 5.74) is 11.7. The van der Waals surface area contributed by atoms with Crippen LogP contribution in [0.4, 0.5) is 0 Å². The van der Waals surface area contributed by atoms with Crippen LogP contribution in [0.15, 0.2) is 163 Å². The van der Waals surface area contributed by atoms with Crippen molar-refractivity contribution in [1.82, 2.24) is 9.55 Å². The number of benzene rings is 6. The van der Waals surface area contributed by atoms with Gasteiger partial charge >= 0.3 is 0 Å². The first kappa shape index (κ1) is 24.9. The smallest absolute Gasteiger partial charge is 0.174 e. The maximum Gasteiger partial charge on any atom is 0.174 e. The summed E-state index contributed by atoms with van der Waals surface area (Å²) in [6.45, 7) is 0. The van der Waals surface area contributed by atoms with Gasteiger partial charge in [0.2, 0.25) is 0 Å². The number of para-hydroxylation sites is 2. The van der Waals surface area contributed by atoms with E-state index in [-0.39, 0.29) is 0 Å². The summed E-state index contributed by atoms with van der Waals surface area (Å²) >= 11 is 1.81. The van der Waals surface area contributed by atoms with Gasteiger partial charge in [-0.05, 0) is 69.3 Å². The molecule has 0 fully saturated rings. The number of thioether (sulfide) groups is 1. The molecule has 8 rings (SSSR count). The van der Waals surface area contributed by atoms with Crippen molar-refractivity contribution in [3.63, 3.8) is 0 Å². The van der Waals surface area contributed by atoms with Crippen LogP contribution in [0.3, 0.4) is 0 Å². The number of fused-ring (bicyclic) bond motifs is 5. The monoisotopic (exact) mass is 556 g/mol. The van der Waals surface area contributed by atoms with Gasteiger partial charge in [-0.1, -0.05) is 139 Å². The van der Waals surface area contributed by atoms with Gasteiger partial charge < -0.3 is 0 Å². The Hall–Kier alpha value is -4.86. The lowest BCUT2D eigenvalue weighted by molar-refractivity contribution is 0.745. The Bertz CT molecular complexity index is 1930. The maximum absolute atomic E-state index is 4.88. The summed E-state index contributed by atoms with van der Waals surface area (Å²) in [6, 6.07) is 57.2. The van der Waals surface area contributed by atoms with Crippen LogP contribution in [0.25, 0.3) is 27.8 Å². The third-order valence-electron chi connectivity index (χ3n) is 8.46. The normalized spacial score (nSPS) is 12.6. The van der Waals surface area contributed by atoms with E-state index in [1.807, 2.05) is 11.8 Å². The summed E-state index contributed by atoms with van der Waals surface area (Å²) in [7, 11) is 0. The first-order valence-electron chi connectivity index (χ1n) is 14.3. The first-order valence-corrected chi connectivity index (χ1v) is 15.3. The summed E-state index contributed by atoms with van der Waals surface area (Å²) in [4.78, 5) is 4.88. The molecule has 2 heterocycles. The highest BCUT2D eigenvalue weighted by Gasteiger charge is 2.38. The van der Waals surface area contributed by atoms with Crippen molar-refractivity contribution in [2.45, 2.75) is 16.3 Å². The van der Waals surface area contributed by atoms with Crippen LogP contribution in [0.5, 0.6) is 0 Å². The number of hydrogen-bond acceptors (Lipinski definition) is 2. The number of nitrogens with zero attached hydrogens (tertiary/aromatic N) is 2. The molecule has 0 saturated heterocycles. The Kier molecular flexibility index (Phi) is 6.05. The van der Waals surface area contributed by atoms with E-state index < -0.39 is 5.41 Å². The van der Waals surface area contributed by atoms with Crippen LogP contribution in [0.2, 0.25) is 0 Å². The summed E-state index contributed by atoms with van der Waals surface area (Å²) < 4.78 is 2.31. The predicted octanol–water partition coefficient (Wildman–Crippen LogP) is 9.68. The average Bonchev–Trinajstić information content (AvgIpc) is 3.46. The molecule has 1 aliphatic heterocycles. The van der Waals surface area contributed by atoms with Gasteiger partial charge in [0.15, 0.2) is 5.16 Å². The lowest BCUT2D eigenvalue weighted by atomic mass is 9.65. The number of aromatic nitrogens is 2. The number of imidazole rings is 1. The van der Waals surface area contributed by atoms with Gasteiger partial charge in [-0.15, -0.1) is 0 Å². The predicted molar refractivity (Wildman–Crippen MR) is 174 cm³/mol. The minimum Gasteiger partial charge on any atom is -0.287 e. The van der Waals surface area contributed by atoms with Gasteiger partial charge in [0.05, 0.1) is 22.1 Å². The van der Waals surface area contributed by atoms with Crippen LogP contribution < -0.4 is 0 Å². The fraction of sp³-hybridized carbons (Fsp3) is 0.0513. The van der Waals surface area contributed by atoms with E-state index in [0.29, 0.717) is 0 Å². The van der Waals surface area contributed by atoms with Crippen molar-refractivity contribution < 1.29 is 0 Å². The molecule has 0 atom stereocenters. The largest absolute Gasteiger partial charge is 0.287 e. The fourth-order valence-electron chi connectivity index (χ4n) is 6.57. The molecule has 0 bridgehead atoms. The SMILES string of the molecule is c1ccc(C(c2ccccc2)(c2ccccc2)c2cccc(-c3ccc4c(c3)CSc3nc5ccccc5n3-4)c2)cc1. The van der Waals surface area contributed by atoms with Crippen LogP contribution >= 0.6 is 11.8 Å². The third kappa shape index (κ3) is 3.93. The van der Waals surface area contributed by atoms with E-state index >= 15 is 0 Å². The quantitative estimate of drug-likeness (QED) is 0.196. The van der Waals surface area contributed by atoms with E-state index in [2.05, 4.69) is 162 Å². The lowest BCUT2D eigenvalue weighted by Gasteiger charge is -2.37. The highest BCUT2D eigenvalue weighted by atomic mass is 32.2. The third-order valence-corrected chi connectivity index (χ3v) is 9.44. The Balaban J connectivity index is 1.31. The molecule has 0 radical (unpaired) electrons. The lowest BCUT2D eigenvalue weighted by Crippen LogP contribution is -2.31. The molecule has 1 aliphatic rings. The maximum atomic E-state index is 4.88. The number of hydrogen-bond donors (Lipinski definition) is 0. The molecule has 1 aromatic heterocycles. The van der Waals surface area contributed by atoms with E-state index in [1.54, 1.807) is 0 Å². The molecule has 2 nitrogen and oxygen atoms in total. The highest BCUT2D eigenvalue weighted by molar-refractivity contribution is 7.98. The topological polar surface area (TPSA) is 17.8 Å². The van der Waals surface area contributed by atoms with E-state index in [0.717, 1.165) is 21.9 Å². The van der Waals surface area contributed by atoms with Gasteiger partial charge in [0.1, 0.15) is 0 Å². The second kappa shape index (κ2) is 10.2. The van der Waals surface area contributed by atoms with Crippen LogP contribution in [0.1, 0.15) is 27.8 Å².